The van der Waals surface area contributed by atoms with E-state index in [0.29, 0.717) is 11.1 Å². The predicted octanol–water partition coefficient (Wildman–Crippen LogP) is 10.9. The topological polar surface area (TPSA) is 34.1 Å². The van der Waals surface area contributed by atoms with Crippen LogP contribution in [0.1, 0.15) is 56.0 Å². The third-order valence-corrected chi connectivity index (χ3v) is 15.2. The Balaban J connectivity index is 1.39. The van der Waals surface area contributed by atoms with Crippen molar-refractivity contribution >= 4 is 48.6 Å². The summed E-state index contributed by atoms with van der Waals surface area (Å²) in [6.45, 7) is 0. The Morgan fingerprint density at radius 3 is 0.981 bits per heavy atom. The molecule has 266 valence electrons. The summed E-state index contributed by atoms with van der Waals surface area (Å²) < 4.78 is 27.9. The van der Waals surface area contributed by atoms with Gasteiger partial charge in [-0.2, -0.15) is 0 Å². The smallest absolute Gasteiger partial charge is 0.163 e. The fraction of sp³-hybridized carbons (Fsp3) is 0.0833. The average molecular weight is 747 g/mol. The minimum atomic E-state index is -1.10. The van der Waals surface area contributed by atoms with E-state index in [0.717, 1.165) is 32.3 Å². The molecule has 0 aliphatic rings. The van der Waals surface area contributed by atoms with Crippen LogP contribution in [0.4, 0.5) is 8.78 Å². The van der Waals surface area contributed by atoms with Crippen LogP contribution in [0.3, 0.4) is 0 Å². The molecule has 0 saturated carbocycles. The summed E-state index contributed by atoms with van der Waals surface area (Å²) in [5, 5.41) is 4.56. The van der Waals surface area contributed by atoms with Gasteiger partial charge in [0.2, 0.25) is 0 Å². The van der Waals surface area contributed by atoms with Crippen molar-refractivity contribution < 1.29 is 18.4 Å². The Bertz CT molecular complexity index is 2040. The van der Waals surface area contributed by atoms with Gasteiger partial charge in [-0.05, 0) is 96.7 Å². The van der Waals surface area contributed by atoms with Crippen LogP contribution in [-0.2, 0) is 0 Å². The second kappa shape index (κ2) is 17.6. The Kier molecular flexibility index (Phi) is 12.1. The number of hydrogen-bond donors (Lipinski definition) is 0. The van der Waals surface area contributed by atoms with Crippen LogP contribution in [0.25, 0.3) is 0 Å². The lowest BCUT2D eigenvalue weighted by Crippen LogP contribution is -2.21. The standard InChI is InChI=1S/C48H38F2O2P2/c49-39-28-24-35(25-29-39)45(51)33-47(53(41-16-5-1-6-17-41)42-18-7-2-8-19-42)37-14-13-15-38(32-37)48(34-46(52)36-26-30-40(50)31-27-36)54(43-20-9-3-10-21-43)44-22-11-4-12-23-44/h1-32,47-48H,33-34H2. The monoisotopic (exact) mass is 746 g/mol. The average Bonchev–Trinajstić information content (AvgIpc) is 3.22. The van der Waals surface area contributed by atoms with Crippen LogP contribution < -0.4 is 21.2 Å². The van der Waals surface area contributed by atoms with Gasteiger partial charge in [0.05, 0.1) is 0 Å². The molecule has 2 nitrogen and oxygen atoms in total. The third kappa shape index (κ3) is 8.86. The molecule has 0 N–H and O–H groups in total. The highest BCUT2D eigenvalue weighted by Gasteiger charge is 2.32. The Morgan fingerprint density at radius 2 is 0.685 bits per heavy atom. The van der Waals surface area contributed by atoms with Crippen molar-refractivity contribution in [1.82, 2.24) is 0 Å². The molecular weight excluding hydrogens is 708 g/mol. The Labute approximate surface area is 318 Å². The third-order valence-electron chi connectivity index (χ3n) is 9.53. The van der Waals surface area contributed by atoms with Crippen molar-refractivity contribution in [3.05, 3.63) is 228 Å². The molecule has 0 aliphatic heterocycles. The zero-order valence-electron chi connectivity index (χ0n) is 29.5. The number of halogens is 2. The van der Waals surface area contributed by atoms with Crippen LogP contribution >= 0.6 is 15.8 Å². The lowest BCUT2D eigenvalue weighted by atomic mass is 9.97. The zero-order chi connectivity index (χ0) is 37.3. The van der Waals surface area contributed by atoms with Crippen molar-refractivity contribution in [3.63, 3.8) is 0 Å². The van der Waals surface area contributed by atoms with E-state index in [9.17, 15) is 18.4 Å². The molecular formula is C48H38F2O2P2. The van der Waals surface area contributed by atoms with E-state index in [1.165, 1.54) is 24.3 Å². The molecule has 2 unspecified atom stereocenters. The van der Waals surface area contributed by atoms with E-state index in [4.69, 9.17) is 0 Å². The summed E-state index contributed by atoms with van der Waals surface area (Å²) in [4.78, 5) is 28.3. The molecule has 0 radical (unpaired) electrons. The van der Waals surface area contributed by atoms with Crippen molar-refractivity contribution in [1.29, 1.82) is 0 Å². The van der Waals surface area contributed by atoms with E-state index in [2.05, 4.69) is 66.7 Å². The van der Waals surface area contributed by atoms with E-state index < -0.39 is 15.8 Å². The van der Waals surface area contributed by atoms with Crippen molar-refractivity contribution in [2.75, 3.05) is 0 Å². The summed E-state index contributed by atoms with van der Waals surface area (Å²) in [7, 11) is -2.20. The number of carbonyl (C=O) groups is 2. The first-order valence-corrected chi connectivity index (χ1v) is 20.7. The highest BCUT2D eigenvalue weighted by molar-refractivity contribution is 7.73. The zero-order valence-corrected chi connectivity index (χ0v) is 31.3. The van der Waals surface area contributed by atoms with Crippen LogP contribution in [0.15, 0.2) is 194 Å². The summed E-state index contributed by atoms with van der Waals surface area (Å²) in [6.07, 6.45) is 0.409. The van der Waals surface area contributed by atoms with Gasteiger partial charge in [0.15, 0.2) is 11.6 Å². The lowest BCUT2D eigenvalue weighted by molar-refractivity contribution is 0.0974. The normalized spacial score (nSPS) is 12.4. The van der Waals surface area contributed by atoms with Crippen LogP contribution in [0.2, 0.25) is 0 Å². The molecule has 7 rings (SSSR count). The highest BCUT2D eigenvalue weighted by atomic mass is 31.1. The van der Waals surface area contributed by atoms with Crippen LogP contribution in [0.5, 0.6) is 0 Å². The summed E-state index contributed by atoms with van der Waals surface area (Å²) in [5.74, 6) is -0.908. The van der Waals surface area contributed by atoms with Gasteiger partial charge >= 0.3 is 0 Å². The molecule has 0 saturated heterocycles. The molecule has 0 bridgehead atoms. The number of benzene rings is 7. The van der Waals surface area contributed by atoms with Gasteiger partial charge in [0, 0.05) is 35.3 Å². The van der Waals surface area contributed by atoms with Crippen molar-refractivity contribution in [2.45, 2.75) is 24.2 Å². The van der Waals surface area contributed by atoms with E-state index >= 15 is 0 Å². The maximum absolute atomic E-state index is 14.1. The van der Waals surface area contributed by atoms with Gasteiger partial charge < -0.3 is 0 Å². The van der Waals surface area contributed by atoms with Gasteiger partial charge in [-0.15, -0.1) is 0 Å². The molecule has 0 aliphatic carbocycles. The number of Topliss-reactive ketones (excluding diaryl/α,β-unsaturated/α-hetero) is 2. The molecule has 0 heterocycles. The van der Waals surface area contributed by atoms with Gasteiger partial charge in [0.1, 0.15) is 11.6 Å². The number of hydrogen-bond acceptors (Lipinski definition) is 2. The van der Waals surface area contributed by atoms with Gasteiger partial charge in [0.25, 0.3) is 0 Å². The molecule has 0 amide bonds. The molecule has 6 heteroatoms. The minimum absolute atomic E-state index is 0.0661. The molecule has 7 aromatic carbocycles. The molecule has 0 fully saturated rings. The summed E-state index contributed by atoms with van der Waals surface area (Å²) in [6, 6.07) is 61.3. The largest absolute Gasteiger partial charge is 0.294 e. The maximum Gasteiger partial charge on any atom is 0.163 e. The fourth-order valence-corrected chi connectivity index (χ4v) is 12.5. The molecule has 2 atom stereocenters. The van der Waals surface area contributed by atoms with Crippen LogP contribution in [-0.4, -0.2) is 11.6 Å². The predicted molar refractivity (Wildman–Crippen MR) is 221 cm³/mol. The first-order chi connectivity index (χ1) is 26.4. The first kappa shape index (κ1) is 36.9. The quantitative estimate of drug-likeness (QED) is 0.0820. The molecule has 54 heavy (non-hydrogen) atoms. The summed E-state index contributed by atoms with van der Waals surface area (Å²) >= 11 is 0. The fourth-order valence-electron chi connectivity index (χ4n) is 6.92. The molecule has 0 aromatic heterocycles. The lowest BCUT2D eigenvalue weighted by Gasteiger charge is -2.32. The van der Waals surface area contributed by atoms with Crippen molar-refractivity contribution in [3.8, 4) is 0 Å². The molecule has 0 spiro atoms. The first-order valence-electron chi connectivity index (χ1n) is 17.9. The van der Waals surface area contributed by atoms with E-state index in [1.54, 1.807) is 24.3 Å². The van der Waals surface area contributed by atoms with E-state index in [-0.39, 0.29) is 47.4 Å². The number of rotatable bonds is 14. The minimum Gasteiger partial charge on any atom is -0.294 e. The van der Waals surface area contributed by atoms with Gasteiger partial charge in [-0.25, -0.2) is 8.78 Å². The van der Waals surface area contributed by atoms with Crippen molar-refractivity contribution in [2.24, 2.45) is 0 Å². The highest BCUT2D eigenvalue weighted by Crippen LogP contribution is 2.55. The number of ketones is 2. The Morgan fingerprint density at radius 1 is 0.389 bits per heavy atom. The molecule has 7 aromatic rings. The second-order valence-electron chi connectivity index (χ2n) is 13.1. The van der Waals surface area contributed by atoms with E-state index in [1.807, 2.05) is 78.9 Å². The summed E-state index contributed by atoms with van der Waals surface area (Å²) in [5.41, 5.74) is 2.45. The van der Waals surface area contributed by atoms with Crippen LogP contribution in [0, 0.1) is 11.6 Å². The number of carbonyl (C=O) groups excluding carboxylic acids is 2. The second-order valence-corrected chi connectivity index (χ2v) is 17.8. The maximum atomic E-state index is 14.1. The Hall–Kier alpha value is -5.40. The van der Waals surface area contributed by atoms with Gasteiger partial charge in [-0.1, -0.05) is 146 Å². The van der Waals surface area contributed by atoms with Gasteiger partial charge in [-0.3, -0.25) is 9.59 Å². The SMILES string of the molecule is O=C(CC(c1cccc(C(CC(=O)c2ccc(F)cc2)P(c2ccccc2)c2ccccc2)c1)P(c1ccccc1)c1ccccc1)c1ccc(F)cc1.